The summed E-state index contributed by atoms with van der Waals surface area (Å²) in [6, 6.07) is 3.09. The number of hydrogen-bond acceptors (Lipinski definition) is 3. The van der Waals surface area contributed by atoms with Gasteiger partial charge in [-0.1, -0.05) is 0 Å². The maximum atomic E-state index is 10.7. The number of hydrogen-bond donors (Lipinski definition) is 3. The van der Waals surface area contributed by atoms with Crippen molar-refractivity contribution in [3.8, 4) is 0 Å². The number of aromatic nitrogens is 1. The zero-order valence-electron chi connectivity index (χ0n) is 7.37. The first kappa shape index (κ1) is 9.47. The molecule has 0 saturated heterocycles. The van der Waals surface area contributed by atoms with Crippen LogP contribution in [-0.2, 0) is 0 Å². The first-order valence-electron chi connectivity index (χ1n) is 3.98. The lowest BCUT2D eigenvalue weighted by atomic mass is 10.2. The summed E-state index contributed by atoms with van der Waals surface area (Å²) in [5, 5.41) is 0. The van der Waals surface area contributed by atoms with Gasteiger partial charge in [-0.15, -0.1) is 0 Å². The minimum absolute atomic E-state index is 0.142. The van der Waals surface area contributed by atoms with E-state index in [0.717, 1.165) is 5.56 Å². The molecule has 70 valence electrons. The van der Waals surface area contributed by atoms with E-state index in [1.807, 2.05) is 6.92 Å². The maximum Gasteiger partial charge on any atom is 0.247 e. The van der Waals surface area contributed by atoms with E-state index in [4.69, 9.17) is 5.84 Å². The van der Waals surface area contributed by atoms with Gasteiger partial charge in [0.2, 0.25) is 5.56 Å². The number of aliphatic imine (C=N–C) groups is 1. The molecule has 1 aromatic rings. The van der Waals surface area contributed by atoms with Gasteiger partial charge in [0.1, 0.15) is 5.84 Å². The quantitative estimate of drug-likeness (QED) is 0.251. The molecule has 0 saturated carbocycles. The Labute approximate surface area is 75.7 Å². The summed E-state index contributed by atoms with van der Waals surface area (Å²) >= 11 is 0. The van der Waals surface area contributed by atoms with Crippen molar-refractivity contribution >= 4 is 5.84 Å². The molecule has 5 nitrogen and oxygen atoms in total. The van der Waals surface area contributed by atoms with Crippen molar-refractivity contribution in [2.24, 2.45) is 10.8 Å². The lowest BCUT2D eigenvalue weighted by Gasteiger charge is -2.03. The van der Waals surface area contributed by atoms with Crippen molar-refractivity contribution in [3.05, 3.63) is 34.2 Å². The Morgan fingerprint density at radius 1 is 1.69 bits per heavy atom. The molecular weight excluding hydrogens is 168 g/mol. The molecule has 1 heterocycles. The molecule has 0 radical (unpaired) electrons. The van der Waals surface area contributed by atoms with Crippen LogP contribution in [-0.4, -0.2) is 17.4 Å². The van der Waals surface area contributed by atoms with Gasteiger partial charge >= 0.3 is 0 Å². The Hall–Kier alpha value is -1.62. The average molecular weight is 180 g/mol. The normalized spacial score (nSPS) is 11.4. The van der Waals surface area contributed by atoms with Crippen molar-refractivity contribution in [1.29, 1.82) is 0 Å². The van der Waals surface area contributed by atoms with E-state index in [2.05, 4.69) is 15.4 Å². The number of nitrogens with one attached hydrogen (secondary N) is 2. The van der Waals surface area contributed by atoms with E-state index in [1.165, 1.54) is 6.07 Å². The summed E-state index contributed by atoms with van der Waals surface area (Å²) in [6.45, 7) is 2.54. The van der Waals surface area contributed by atoms with Crippen LogP contribution in [0.4, 0.5) is 0 Å². The van der Waals surface area contributed by atoms with Crippen molar-refractivity contribution in [2.45, 2.75) is 6.92 Å². The fraction of sp³-hybridized carbons (Fsp3) is 0.250. The van der Waals surface area contributed by atoms with Gasteiger partial charge in [-0.3, -0.25) is 9.79 Å². The number of amidine groups is 1. The van der Waals surface area contributed by atoms with Gasteiger partial charge in [-0.2, -0.15) is 0 Å². The highest BCUT2D eigenvalue weighted by Gasteiger charge is 1.99. The van der Waals surface area contributed by atoms with E-state index in [0.29, 0.717) is 12.4 Å². The first-order chi connectivity index (χ1) is 6.27. The molecule has 0 unspecified atom stereocenters. The van der Waals surface area contributed by atoms with Crippen molar-refractivity contribution in [2.75, 3.05) is 6.54 Å². The fourth-order valence-corrected chi connectivity index (χ4v) is 0.936. The van der Waals surface area contributed by atoms with Gasteiger partial charge in [0.05, 0.1) is 0 Å². The molecule has 5 heteroatoms. The molecular formula is C8H12N4O. The lowest BCUT2D eigenvalue weighted by Crippen LogP contribution is -2.31. The van der Waals surface area contributed by atoms with Crippen molar-refractivity contribution < 1.29 is 0 Å². The zero-order chi connectivity index (χ0) is 9.68. The summed E-state index contributed by atoms with van der Waals surface area (Å²) in [5.41, 5.74) is 3.09. The van der Waals surface area contributed by atoms with E-state index in [9.17, 15) is 4.79 Å². The minimum Gasteiger partial charge on any atom is -0.328 e. The predicted octanol–water partition coefficient (Wildman–Crippen LogP) is -0.395. The van der Waals surface area contributed by atoms with Crippen molar-refractivity contribution in [1.82, 2.24) is 10.4 Å². The second kappa shape index (κ2) is 4.42. The number of pyridine rings is 1. The smallest absolute Gasteiger partial charge is 0.247 e. The highest BCUT2D eigenvalue weighted by atomic mass is 16.1. The van der Waals surface area contributed by atoms with Gasteiger partial charge in [0, 0.05) is 24.4 Å². The zero-order valence-corrected chi connectivity index (χ0v) is 7.37. The van der Waals surface area contributed by atoms with E-state index >= 15 is 0 Å². The third kappa shape index (κ3) is 2.41. The molecule has 0 aliphatic heterocycles. The standard InChI is InChI=1S/C8H12N4O/c1-2-10-8(12-9)6-3-4-7(13)11-5-6/h3-5H,2,9H2,1H3,(H,10,12)(H,11,13). The van der Waals surface area contributed by atoms with Gasteiger partial charge in [0.25, 0.3) is 0 Å². The predicted molar refractivity (Wildman–Crippen MR) is 51.5 cm³/mol. The Kier molecular flexibility index (Phi) is 3.22. The molecule has 13 heavy (non-hydrogen) atoms. The van der Waals surface area contributed by atoms with Gasteiger partial charge < -0.3 is 10.4 Å². The maximum absolute atomic E-state index is 10.7. The highest BCUT2D eigenvalue weighted by molar-refractivity contribution is 5.97. The molecule has 4 N–H and O–H groups in total. The molecule has 0 aliphatic carbocycles. The average Bonchev–Trinajstić information content (AvgIpc) is 2.16. The third-order valence-electron chi connectivity index (χ3n) is 1.51. The van der Waals surface area contributed by atoms with Crippen LogP contribution >= 0.6 is 0 Å². The molecule has 0 atom stereocenters. The lowest BCUT2D eigenvalue weighted by molar-refractivity contribution is 0.988. The molecule has 1 aromatic heterocycles. The van der Waals surface area contributed by atoms with Crippen LogP contribution in [0.2, 0.25) is 0 Å². The molecule has 0 spiro atoms. The Morgan fingerprint density at radius 2 is 2.46 bits per heavy atom. The van der Waals surface area contributed by atoms with Crippen LogP contribution in [0.15, 0.2) is 28.1 Å². The monoisotopic (exact) mass is 180 g/mol. The minimum atomic E-state index is -0.142. The van der Waals surface area contributed by atoms with Crippen molar-refractivity contribution in [3.63, 3.8) is 0 Å². The molecule has 0 aromatic carbocycles. The van der Waals surface area contributed by atoms with Crippen LogP contribution < -0.4 is 16.8 Å². The Balaban J connectivity index is 2.99. The number of rotatable bonds is 2. The largest absolute Gasteiger partial charge is 0.328 e. The van der Waals surface area contributed by atoms with Gasteiger partial charge in [0.15, 0.2) is 0 Å². The van der Waals surface area contributed by atoms with E-state index < -0.39 is 0 Å². The van der Waals surface area contributed by atoms with Crippen LogP contribution in [0, 0.1) is 0 Å². The topological polar surface area (TPSA) is 83.3 Å². The Morgan fingerprint density at radius 3 is 2.92 bits per heavy atom. The molecule has 0 aliphatic rings. The number of nitrogens with two attached hydrogens (primary N) is 1. The first-order valence-corrected chi connectivity index (χ1v) is 3.98. The van der Waals surface area contributed by atoms with Crippen LogP contribution in [0.5, 0.6) is 0 Å². The Bertz CT molecular complexity index is 335. The number of H-pyrrole nitrogens is 1. The summed E-state index contributed by atoms with van der Waals surface area (Å²) in [4.78, 5) is 17.4. The third-order valence-corrected chi connectivity index (χ3v) is 1.51. The van der Waals surface area contributed by atoms with Crippen LogP contribution in [0.3, 0.4) is 0 Å². The summed E-state index contributed by atoms with van der Waals surface area (Å²) in [6.07, 6.45) is 1.57. The van der Waals surface area contributed by atoms with Crippen LogP contribution in [0.25, 0.3) is 0 Å². The number of aromatic amines is 1. The molecule has 0 amide bonds. The highest BCUT2D eigenvalue weighted by Crippen LogP contribution is 1.93. The molecule has 0 fully saturated rings. The number of nitrogens with zero attached hydrogens (tertiary/aromatic N) is 1. The van der Waals surface area contributed by atoms with E-state index in [1.54, 1.807) is 12.3 Å². The molecule has 1 rings (SSSR count). The van der Waals surface area contributed by atoms with Crippen LogP contribution in [0.1, 0.15) is 12.5 Å². The summed E-state index contributed by atoms with van der Waals surface area (Å²) in [5.74, 6) is 5.82. The van der Waals surface area contributed by atoms with E-state index in [-0.39, 0.29) is 5.56 Å². The second-order valence-corrected chi connectivity index (χ2v) is 2.41. The molecule has 0 bridgehead atoms. The van der Waals surface area contributed by atoms with Gasteiger partial charge in [-0.25, -0.2) is 5.84 Å². The second-order valence-electron chi connectivity index (χ2n) is 2.41. The van der Waals surface area contributed by atoms with Gasteiger partial charge in [-0.05, 0) is 13.0 Å². The summed E-state index contributed by atoms with van der Waals surface area (Å²) in [7, 11) is 0. The fourth-order valence-electron chi connectivity index (χ4n) is 0.936. The number of hydrazine groups is 1. The summed E-state index contributed by atoms with van der Waals surface area (Å²) < 4.78 is 0. The SMILES string of the molecule is CCN=C(NN)c1ccc(=O)[nH]c1.